The van der Waals surface area contributed by atoms with E-state index in [4.69, 9.17) is 5.11 Å². The maximum Gasteiger partial charge on any atom is 0.323 e. The van der Waals surface area contributed by atoms with Gasteiger partial charge in [0, 0.05) is 11.0 Å². The molecule has 2 aliphatic heterocycles. The molecule has 2 N–H and O–H groups in total. The third-order valence-electron chi connectivity index (χ3n) is 3.62. The molecule has 0 bridgehead atoms. The van der Waals surface area contributed by atoms with E-state index in [1.165, 1.54) is 4.90 Å². The summed E-state index contributed by atoms with van der Waals surface area (Å²) in [5.41, 5.74) is 0. The van der Waals surface area contributed by atoms with Crippen molar-refractivity contribution >= 4 is 30.2 Å². The number of carboxylic acid groups (broad SMARTS) is 1. The van der Waals surface area contributed by atoms with Gasteiger partial charge < -0.3 is 20.1 Å². The summed E-state index contributed by atoms with van der Waals surface area (Å²) in [6, 6.07) is -0.282. The number of amides is 2. The Kier molecular flexibility index (Phi) is 5.11. The number of nitrogens with one attached hydrogen (secondary N) is 1. The second-order valence-electron chi connectivity index (χ2n) is 4.90. The van der Waals surface area contributed by atoms with Crippen molar-refractivity contribution in [1.29, 1.82) is 0 Å². The number of hydrogen-bond donors (Lipinski definition) is 2. The molecule has 2 heterocycles. The zero-order valence-electron chi connectivity index (χ0n) is 11.0. The molecule has 0 saturated carbocycles. The first-order chi connectivity index (χ1) is 9.63. The number of unbranched alkanes of at least 4 members (excludes halogenated alkanes) is 1. The van der Waals surface area contributed by atoms with E-state index in [9.17, 15) is 14.4 Å². The lowest BCUT2D eigenvalue weighted by atomic mass is 10.0. The van der Waals surface area contributed by atoms with Crippen LogP contribution in [-0.4, -0.2) is 64.7 Å². The SMILES string of the molecule is O=COCCCCC1SC[C@H]2[C@@H]1NC(=O)N2CC(=O)O. The normalized spacial score (nSPS) is 28.1. The summed E-state index contributed by atoms with van der Waals surface area (Å²) < 4.78 is 4.63. The summed E-state index contributed by atoms with van der Waals surface area (Å²) in [6.45, 7) is 0.626. The van der Waals surface area contributed by atoms with Gasteiger partial charge in [-0.2, -0.15) is 11.8 Å². The van der Waals surface area contributed by atoms with Crippen LogP contribution in [0.2, 0.25) is 0 Å². The van der Waals surface area contributed by atoms with E-state index in [-0.39, 0.29) is 24.7 Å². The number of nitrogens with zero attached hydrogens (tertiary/aromatic N) is 1. The number of thioether (sulfide) groups is 1. The molecule has 0 spiro atoms. The van der Waals surface area contributed by atoms with Crippen molar-refractivity contribution in [3.05, 3.63) is 0 Å². The van der Waals surface area contributed by atoms with Gasteiger partial charge in [-0.25, -0.2) is 4.79 Å². The van der Waals surface area contributed by atoms with E-state index >= 15 is 0 Å². The van der Waals surface area contributed by atoms with E-state index in [1.807, 2.05) is 0 Å². The Balaban J connectivity index is 1.80. The Morgan fingerprint density at radius 3 is 3.05 bits per heavy atom. The van der Waals surface area contributed by atoms with Gasteiger partial charge in [-0.1, -0.05) is 0 Å². The topological polar surface area (TPSA) is 95.9 Å². The predicted molar refractivity (Wildman–Crippen MR) is 72.6 cm³/mol. The summed E-state index contributed by atoms with van der Waals surface area (Å²) in [4.78, 5) is 34.0. The van der Waals surface area contributed by atoms with Crippen molar-refractivity contribution in [2.24, 2.45) is 0 Å². The van der Waals surface area contributed by atoms with Crippen molar-refractivity contribution in [2.75, 3.05) is 18.9 Å². The van der Waals surface area contributed by atoms with Gasteiger partial charge in [0.05, 0.1) is 18.7 Å². The number of aliphatic carboxylic acids is 1. The standard InChI is InChI=1S/C12H18N2O5S/c15-7-19-4-2-1-3-9-11-8(6-20-9)14(5-10(16)17)12(18)13-11/h7-9,11H,1-6H2,(H,13,18)(H,16,17)/t8-,9?,11-/m0/s1. The molecule has 3 atom stereocenters. The first kappa shape index (κ1) is 15.0. The average molecular weight is 302 g/mol. The second kappa shape index (κ2) is 6.83. The molecular formula is C12H18N2O5S. The first-order valence-corrected chi connectivity index (χ1v) is 7.64. The summed E-state index contributed by atoms with van der Waals surface area (Å²) in [5.74, 6) is -0.216. The molecule has 0 aromatic carbocycles. The highest BCUT2D eigenvalue weighted by molar-refractivity contribution is 8.00. The quantitative estimate of drug-likeness (QED) is 0.380. The fraction of sp³-hybridized carbons (Fsp3) is 0.750. The zero-order chi connectivity index (χ0) is 14.5. The Morgan fingerprint density at radius 2 is 2.35 bits per heavy atom. The Hall–Kier alpha value is -1.44. The maximum absolute atomic E-state index is 11.8. The van der Waals surface area contributed by atoms with Crippen LogP contribution >= 0.6 is 11.8 Å². The lowest BCUT2D eigenvalue weighted by Crippen LogP contribution is -2.40. The Labute approximate surface area is 121 Å². The minimum absolute atomic E-state index is 0.0267. The van der Waals surface area contributed by atoms with Crippen LogP contribution < -0.4 is 5.32 Å². The number of ether oxygens (including phenoxy) is 1. The summed E-state index contributed by atoms with van der Waals surface area (Å²) >= 11 is 1.77. The third-order valence-corrected chi connectivity index (χ3v) is 5.11. The number of carbonyl (C=O) groups is 3. The number of carboxylic acids is 1. The van der Waals surface area contributed by atoms with E-state index in [2.05, 4.69) is 10.1 Å². The van der Waals surface area contributed by atoms with Crippen LogP contribution in [0, 0.1) is 0 Å². The molecule has 8 heteroatoms. The number of hydrogen-bond acceptors (Lipinski definition) is 5. The zero-order valence-corrected chi connectivity index (χ0v) is 11.8. The van der Waals surface area contributed by atoms with Crippen LogP contribution in [0.1, 0.15) is 19.3 Å². The molecule has 0 aromatic rings. The number of carbonyl (C=O) groups excluding carboxylic acids is 2. The van der Waals surface area contributed by atoms with Gasteiger partial charge in [0.15, 0.2) is 0 Å². The molecule has 2 fully saturated rings. The van der Waals surface area contributed by atoms with Crippen molar-refractivity contribution in [2.45, 2.75) is 36.6 Å². The predicted octanol–water partition coefficient (Wildman–Crippen LogP) is 0.292. The summed E-state index contributed by atoms with van der Waals surface area (Å²) in [6.07, 6.45) is 2.65. The molecule has 0 aromatic heterocycles. The minimum Gasteiger partial charge on any atom is -0.480 e. The van der Waals surface area contributed by atoms with E-state index in [0.717, 1.165) is 25.0 Å². The maximum atomic E-state index is 11.8. The van der Waals surface area contributed by atoms with Gasteiger partial charge in [0.25, 0.3) is 6.47 Å². The molecule has 2 amide bonds. The minimum atomic E-state index is -0.986. The molecule has 2 aliphatic rings. The van der Waals surface area contributed by atoms with Crippen LogP contribution in [0.5, 0.6) is 0 Å². The van der Waals surface area contributed by atoms with Gasteiger partial charge in [0.1, 0.15) is 6.54 Å². The number of urea groups is 1. The van der Waals surface area contributed by atoms with E-state index in [0.29, 0.717) is 18.3 Å². The first-order valence-electron chi connectivity index (χ1n) is 6.59. The van der Waals surface area contributed by atoms with Crippen LogP contribution in [0.25, 0.3) is 0 Å². The molecule has 1 unspecified atom stereocenters. The molecule has 0 radical (unpaired) electrons. The highest BCUT2D eigenvalue weighted by atomic mass is 32.2. The molecule has 2 rings (SSSR count). The van der Waals surface area contributed by atoms with Crippen molar-refractivity contribution < 1.29 is 24.2 Å². The molecule has 2 saturated heterocycles. The van der Waals surface area contributed by atoms with Gasteiger partial charge in [0.2, 0.25) is 0 Å². The lowest BCUT2D eigenvalue weighted by Gasteiger charge is -2.19. The van der Waals surface area contributed by atoms with Crippen molar-refractivity contribution in [1.82, 2.24) is 10.2 Å². The monoisotopic (exact) mass is 302 g/mol. The molecule has 7 nitrogen and oxygen atoms in total. The second-order valence-corrected chi connectivity index (χ2v) is 6.17. The van der Waals surface area contributed by atoms with Gasteiger partial charge in [-0.15, -0.1) is 0 Å². The Bertz CT molecular complexity index is 392. The number of rotatable bonds is 8. The molecule has 20 heavy (non-hydrogen) atoms. The van der Waals surface area contributed by atoms with Gasteiger partial charge in [-0.3, -0.25) is 9.59 Å². The average Bonchev–Trinajstić information content (AvgIpc) is 2.91. The molecule has 0 aliphatic carbocycles. The number of fused-ring (bicyclic) bond motifs is 1. The smallest absolute Gasteiger partial charge is 0.323 e. The van der Waals surface area contributed by atoms with E-state index < -0.39 is 5.97 Å². The van der Waals surface area contributed by atoms with Crippen LogP contribution in [-0.2, 0) is 14.3 Å². The third kappa shape index (κ3) is 3.36. The van der Waals surface area contributed by atoms with Crippen LogP contribution in [0.15, 0.2) is 0 Å². The van der Waals surface area contributed by atoms with Crippen LogP contribution in [0.3, 0.4) is 0 Å². The highest BCUT2D eigenvalue weighted by Crippen LogP contribution is 2.36. The molecule has 112 valence electrons. The Morgan fingerprint density at radius 1 is 1.55 bits per heavy atom. The van der Waals surface area contributed by atoms with E-state index in [1.54, 1.807) is 11.8 Å². The largest absolute Gasteiger partial charge is 0.480 e. The lowest BCUT2D eigenvalue weighted by molar-refractivity contribution is -0.137. The van der Waals surface area contributed by atoms with Crippen LogP contribution in [0.4, 0.5) is 4.79 Å². The van der Waals surface area contributed by atoms with Crippen molar-refractivity contribution in [3.63, 3.8) is 0 Å². The summed E-state index contributed by atoms with van der Waals surface area (Å²) in [5, 5.41) is 12.0. The van der Waals surface area contributed by atoms with Crippen molar-refractivity contribution in [3.8, 4) is 0 Å². The summed E-state index contributed by atoms with van der Waals surface area (Å²) in [7, 11) is 0. The van der Waals surface area contributed by atoms with Gasteiger partial charge >= 0.3 is 12.0 Å². The van der Waals surface area contributed by atoms with Gasteiger partial charge in [-0.05, 0) is 19.3 Å². The fourth-order valence-electron chi connectivity index (χ4n) is 2.70. The fourth-order valence-corrected chi connectivity index (χ4v) is 4.32. The highest BCUT2D eigenvalue weighted by Gasteiger charge is 2.48. The molecular weight excluding hydrogens is 284 g/mol.